The maximum atomic E-state index is 11.8. The standard InChI is InChI=1S/C15H14N2O3/c18-14(12-5-8-16-9-6-12)17-10-7-11-3-1-2-4-13(11)15(19)20/h1-6,8-9H,7,10H2,(H,17,18)(H,19,20). The molecule has 0 unspecified atom stereocenters. The van der Waals surface area contributed by atoms with E-state index in [1.165, 1.54) is 0 Å². The summed E-state index contributed by atoms with van der Waals surface area (Å²) in [7, 11) is 0. The fraction of sp³-hybridized carbons (Fsp3) is 0.133. The molecule has 2 aromatic rings. The summed E-state index contributed by atoms with van der Waals surface area (Å²) in [5.41, 5.74) is 1.51. The minimum absolute atomic E-state index is 0.194. The zero-order valence-corrected chi connectivity index (χ0v) is 10.7. The smallest absolute Gasteiger partial charge is 0.335 e. The fourth-order valence-electron chi connectivity index (χ4n) is 1.86. The molecule has 1 heterocycles. The molecule has 0 atom stereocenters. The number of hydrogen-bond donors (Lipinski definition) is 2. The number of rotatable bonds is 5. The van der Waals surface area contributed by atoms with Crippen LogP contribution in [0, 0.1) is 0 Å². The van der Waals surface area contributed by atoms with Crippen LogP contribution in [0.4, 0.5) is 0 Å². The second kappa shape index (κ2) is 6.47. The van der Waals surface area contributed by atoms with Crippen LogP contribution in [0.2, 0.25) is 0 Å². The van der Waals surface area contributed by atoms with Gasteiger partial charge in [-0.05, 0) is 30.2 Å². The molecular formula is C15H14N2O3. The predicted molar refractivity (Wildman–Crippen MR) is 73.7 cm³/mol. The summed E-state index contributed by atoms with van der Waals surface area (Å²) >= 11 is 0. The Hall–Kier alpha value is -2.69. The Bertz CT molecular complexity index is 612. The van der Waals surface area contributed by atoms with E-state index in [1.54, 1.807) is 48.8 Å². The van der Waals surface area contributed by atoms with Gasteiger partial charge < -0.3 is 10.4 Å². The molecule has 20 heavy (non-hydrogen) atoms. The lowest BCUT2D eigenvalue weighted by atomic mass is 10.0. The lowest BCUT2D eigenvalue weighted by Gasteiger charge is -2.07. The van der Waals surface area contributed by atoms with Crippen molar-refractivity contribution in [3.63, 3.8) is 0 Å². The van der Waals surface area contributed by atoms with Gasteiger partial charge in [-0.3, -0.25) is 9.78 Å². The van der Waals surface area contributed by atoms with Gasteiger partial charge in [-0.2, -0.15) is 0 Å². The van der Waals surface area contributed by atoms with E-state index >= 15 is 0 Å². The topological polar surface area (TPSA) is 79.3 Å². The van der Waals surface area contributed by atoms with E-state index in [1.807, 2.05) is 0 Å². The number of carboxylic acids is 1. The lowest BCUT2D eigenvalue weighted by Crippen LogP contribution is -2.26. The Balaban J connectivity index is 1.94. The summed E-state index contributed by atoms with van der Waals surface area (Å²) in [6.45, 7) is 0.380. The average molecular weight is 270 g/mol. The monoisotopic (exact) mass is 270 g/mol. The van der Waals surface area contributed by atoms with Crippen LogP contribution in [0.15, 0.2) is 48.8 Å². The first-order valence-corrected chi connectivity index (χ1v) is 6.18. The van der Waals surface area contributed by atoms with Crippen molar-refractivity contribution in [2.45, 2.75) is 6.42 Å². The number of amides is 1. The van der Waals surface area contributed by atoms with Crippen molar-refractivity contribution < 1.29 is 14.7 Å². The molecule has 0 spiro atoms. The molecule has 0 radical (unpaired) electrons. The molecule has 5 nitrogen and oxygen atoms in total. The van der Waals surface area contributed by atoms with Crippen molar-refractivity contribution in [1.29, 1.82) is 0 Å². The summed E-state index contributed by atoms with van der Waals surface area (Å²) < 4.78 is 0. The van der Waals surface area contributed by atoms with Crippen LogP contribution in [0.1, 0.15) is 26.3 Å². The van der Waals surface area contributed by atoms with E-state index < -0.39 is 5.97 Å². The number of benzene rings is 1. The normalized spacial score (nSPS) is 10.0. The van der Waals surface area contributed by atoms with Crippen LogP contribution in [0.5, 0.6) is 0 Å². The fourth-order valence-corrected chi connectivity index (χ4v) is 1.86. The van der Waals surface area contributed by atoms with E-state index in [-0.39, 0.29) is 11.5 Å². The van der Waals surface area contributed by atoms with Gasteiger partial charge in [-0.25, -0.2) is 4.79 Å². The molecule has 1 aromatic carbocycles. The highest BCUT2D eigenvalue weighted by molar-refractivity contribution is 5.94. The van der Waals surface area contributed by atoms with Crippen LogP contribution < -0.4 is 5.32 Å². The van der Waals surface area contributed by atoms with E-state index in [9.17, 15) is 9.59 Å². The van der Waals surface area contributed by atoms with Crippen LogP contribution in [-0.4, -0.2) is 28.5 Å². The highest BCUT2D eigenvalue weighted by atomic mass is 16.4. The molecule has 0 aliphatic heterocycles. The first kappa shape index (κ1) is 13.7. The number of carbonyl (C=O) groups is 2. The van der Waals surface area contributed by atoms with Crippen LogP contribution in [0.25, 0.3) is 0 Å². The maximum absolute atomic E-state index is 11.8. The molecule has 0 saturated heterocycles. The Kier molecular flexibility index (Phi) is 4.44. The van der Waals surface area contributed by atoms with Crippen molar-refractivity contribution in [3.8, 4) is 0 Å². The quantitative estimate of drug-likeness (QED) is 0.867. The molecule has 5 heteroatoms. The zero-order chi connectivity index (χ0) is 14.4. The molecule has 1 aromatic heterocycles. The molecule has 1 amide bonds. The van der Waals surface area contributed by atoms with Gasteiger partial charge in [-0.15, -0.1) is 0 Å². The first-order chi connectivity index (χ1) is 9.68. The van der Waals surface area contributed by atoms with Crippen molar-refractivity contribution in [3.05, 3.63) is 65.5 Å². The number of carboxylic acid groups (broad SMARTS) is 1. The average Bonchev–Trinajstić information content (AvgIpc) is 2.48. The van der Waals surface area contributed by atoms with Crippen LogP contribution >= 0.6 is 0 Å². The molecule has 0 aliphatic carbocycles. The van der Waals surface area contributed by atoms with E-state index in [0.717, 1.165) is 0 Å². The minimum Gasteiger partial charge on any atom is -0.478 e. The minimum atomic E-state index is -0.957. The number of hydrogen-bond acceptors (Lipinski definition) is 3. The van der Waals surface area contributed by atoms with Gasteiger partial charge in [-0.1, -0.05) is 18.2 Å². The number of nitrogens with zero attached hydrogens (tertiary/aromatic N) is 1. The SMILES string of the molecule is O=C(NCCc1ccccc1C(=O)O)c1ccncc1. The second-order valence-electron chi connectivity index (χ2n) is 4.20. The summed E-state index contributed by atoms with van der Waals surface area (Å²) in [4.78, 5) is 26.7. The van der Waals surface area contributed by atoms with Crippen molar-refractivity contribution in [2.24, 2.45) is 0 Å². The van der Waals surface area contributed by atoms with Gasteiger partial charge in [0.15, 0.2) is 0 Å². The molecule has 102 valence electrons. The van der Waals surface area contributed by atoms with Crippen molar-refractivity contribution in [1.82, 2.24) is 10.3 Å². The molecule has 0 fully saturated rings. The van der Waals surface area contributed by atoms with E-state index in [2.05, 4.69) is 10.3 Å². The number of carbonyl (C=O) groups excluding carboxylic acids is 1. The van der Waals surface area contributed by atoms with E-state index in [4.69, 9.17) is 5.11 Å². The highest BCUT2D eigenvalue weighted by Gasteiger charge is 2.09. The van der Waals surface area contributed by atoms with Gasteiger partial charge in [0.2, 0.25) is 0 Å². The first-order valence-electron chi connectivity index (χ1n) is 6.18. The number of pyridine rings is 1. The molecular weight excluding hydrogens is 256 g/mol. The molecule has 0 saturated carbocycles. The summed E-state index contributed by atoms with van der Waals surface area (Å²) in [6.07, 6.45) is 3.57. The van der Waals surface area contributed by atoms with Gasteiger partial charge in [0, 0.05) is 24.5 Å². The predicted octanol–water partition coefficient (Wildman–Crippen LogP) is 1.75. The lowest BCUT2D eigenvalue weighted by molar-refractivity contribution is 0.0695. The Morgan fingerprint density at radius 3 is 2.50 bits per heavy atom. The summed E-state index contributed by atoms with van der Waals surface area (Å²) in [5, 5.41) is 11.8. The third kappa shape index (κ3) is 3.41. The Morgan fingerprint density at radius 2 is 1.80 bits per heavy atom. The Labute approximate surface area is 116 Å². The van der Waals surface area contributed by atoms with Gasteiger partial charge in [0.25, 0.3) is 5.91 Å². The summed E-state index contributed by atoms with van der Waals surface area (Å²) in [6, 6.07) is 10.0. The van der Waals surface area contributed by atoms with Crippen molar-refractivity contribution in [2.75, 3.05) is 6.54 Å². The van der Waals surface area contributed by atoms with Gasteiger partial charge in [0.1, 0.15) is 0 Å². The van der Waals surface area contributed by atoms with Gasteiger partial charge >= 0.3 is 5.97 Å². The molecule has 2 N–H and O–H groups in total. The molecule has 2 rings (SSSR count). The second-order valence-corrected chi connectivity index (χ2v) is 4.20. The molecule has 0 bridgehead atoms. The zero-order valence-electron chi connectivity index (χ0n) is 10.7. The largest absolute Gasteiger partial charge is 0.478 e. The molecule has 0 aliphatic rings. The number of nitrogens with one attached hydrogen (secondary N) is 1. The third-order valence-corrected chi connectivity index (χ3v) is 2.87. The Morgan fingerprint density at radius 1 is 1.10 bits per heavy atom. The van der Waals surface area contributed by atoms with Crippen molar-refractivity contribution >= 4 is 11.9 Å². The van der Waals surface area contributed by atoms with Crippen LogP contribution in [-0.2, 0) is 6.42 Å². The number of aromatic nitrogens is 1. The summed E-state index contributed by atoms with van der Waals surface area (Å²) in [5.74, 6) is -1.15. The third-order valence-electron chi connectivity index (χ3n) is 2.87. The number of aromatic carboxylic acids is 1. The van der Waals surface area contributed by atoms with Crippen LogP contribution in [0.3, 0.4) is 0 Å². The maximum Gasteiger partial charge on any atom is 0.335 e. The van der Waals surface area contributed by atoms with Gasteiger partial charge in [0.05, 0.1) is 5.56 Å². The van der Waals surface area contributed by atoms with E-state index in [0.29, 0.717) is 24.1 Å². The highest BCUT2D eigenvalue weighted by Crippen LogP contribution is 2.09.